The molecule has 0 saturated carbocycles. The number of thioether (sulfide) groups is 1. The Morgan fingerprint density at radius 2 is 1.83 bits per heavy atom. The third kappa shape index (κ3) is 11.3. The molecule has 2 aliphatic heterocycles. The Bertz CT molecular complexity index is 1130. The van der Waals surface area contributed by atoms with E-state index in [1.807, 2.05) is 32.9 Å². The molecule has 1 amide bonds. The van der Waals surface area contributed by atoms with Crippen LogP contribution in [0.1, 0.15) is 59.8 Å². The van der Waals surface area contributed by atoms with Crippen LogP contribution in [0.25, 0.3) is 0 Å². The smallest absolute Gasteiger partial charge is 0.262 e. The zero-order valence-electron chi connectivity index (χ0n) is 24.1. The van der Waals surface area contributed by atoms with Crippen molar-refractivity contribution in [2.75, 3.05) is 32.0 Å². The number of likely N-dealkylation sites (tertiary alicyclic amines) is 1. The van der Waals surface area contributed by atoms with Crippen molar-refractivity contribution in [3.05, 3.63) is 53.1 Å². The van der Waals surface area contributed by atoms with Crippen LogP contribution >= 0.6 is 35.3 Å². The van der Waals surface area contributed by atoms with Gasteiger partial charge in [0.15, 0.2) is 11.6 Å². The summed E-state index contributed by atoms with van der Waals surface area (Å²) in [4.78, 5) is 16.0. The largest absolute Gasteiger partial charge is 0.504 e. The zero-order chi connectivity index (χ0) is 30.5. The van der Waals surface area contributed by atoms with Gasteiger partial charge in [-0.1, -0.05) is 25.4 Å². The van der Waals surface area contributed by atoms with Crippen molar-refractivity contribution in [3.63, 3.8) is 0 Å². The topological polar surface area (TPSA) is 85.6 Å². The van der Waals surface area contributed by atoms with E-state index in [0.717, 1.165) is 74.0 Å². The fourth-order valence-corrected chi connectivity index (χ4v) is 6.21. The highest BCUT2D eigenvalue weighted by molar-refractivity contribution is 7.99. The Morgan fingerprint density at radius 3 is 2.41 bits per heavy atom. The highest BCUT2D eigenvalue weighted by Crippen LogP contribution is 2.32. The number of aromatic hydroxyl groups is 1. The molecule has 6 nitrogen and oxygen atoms in total. The summed E-state index contributed by atoms with van der Waals surface area (Å²) in [6, 6.07) is 11.5. The Balaban J connectivity index is 0.000000271. The highest BCUT2D eigenvalue weighted by Gasteiger charge is 2.38. The third-order valence-electron chi connectivity index (χ3n) is 6.57. The first kappa shape index (κ1) is 35.2. The number of carbonyl (C=O) groups is 1. The summed E-state index contributed by atoms with van der Waals surface area (Å²) < 4.78 is 34.2. The molecular formula is C30H40ClF2N3O3S2. The van der Waals surface area contributed by atoms with Crippen molar-refractivity contribution in [2.24, 2.45) is 5.41 Å². The van der Waals surface area contributed by atoms with E-state index in [-0.39, 0.29) is 22.2 Å². The lowest BCUT2D eigenvalue weighted by Gasteiger charge is -2.43. The number of phenols is 1. The maximum Gasteiger partial charge on any atom is 0.262 e. The minimum Gasteiger partial charge on any atom is -0.504 e. The second kappa shape index (κ2) is 17.2. The summed E-state index contributed by atoms with van der Waals surface area (Å²) >= 11 is 8.39. The fourth-order valence-electron chi connectivity index (χ4n) is 4.26. The second-order valence-corrected chi connectivity index (χ2v) is 12.7. The van der Waals surface area contributed by atoms with E-state index < -0.39 is 17.2 Å². The summed E-state index contributed by atoms with van der Waals surface area (Å²) in [5.74, 6) is -0.789. The summed E-state index contributed by atoms with van der Waals surface area (Å²) in [6.07, 6.45) is 4.87. The van der Waals surface area contributed by atoms with Gasteiger partial charge in [-0.2, -0.15) is 5.26 Å². The predicted octanol–water partition coefficient (Wildman–Crippen LogP) is 7.84. The van der Waals surface area contributed by atoms with Crippen LogP contribution in [0.3, 0.4) is 0 Å². The van der Waals surface area contributed by atoms with Crippen LogP contribution in [0.4, 0.5) is 8.78 Å². The molecule has 4 rings (SSSR count). The van der Waals surface area contributed by atoms with E-state index in [9.17, 15) is 18.7 Å². The van der Waals surface area contributed by atoms with Gasteiger partial charge in [-0.15, -0.1) is 11.8 Å². The van der Waals surface area contributed by atoms with Crippen molar-refractivity contribution in [3.8, 4) is 11.8 Å². The molecule has 2 heterocycles. The standard InChI is InChI=1S/C15H19FN2S.C13H15ClFNO3S.C2H6/c1-15(10-17)11-18(12-15)8-2-3-9-19-14-6-4-13(16)5-7-14;1-13(4-2-3-5-19-13)12(18)16-20-8-6-9(14)11(17)10(15)7-8;1-2/h4-7H,2-3,8-9,11-12H2,1H3;6-7,17H,2-5H2,1H3,(H,16,18);1-2H3. The molecule has 11 heteroatoms. The number of carbonyl (C=O) groups excluding carboxylic acids is 1. The van der Waals surface area contributed by atoms with Gasteiger partial charge in [0.2, 0.25) is 0 Å². The Labute approximate surface area is 256 Å². The Morgan fingerprint density at radius 1 is 1.15 bits per heavy atom. The molecule has 2 N–H and O–H groups in total. The SMILES string of the molecule is CC.CC1(C#N)CN(CCCCSc2ccc(F)cc2)C1.CC1(C(=O)NSc2cc(F)c(O)c(Cl)c2)CCCCO1. The van der Waals surface area contributed by atoms with E-state index in [1.54, 1.807) is 18.7 Å². The first-order chi connectivity index (χ1) is 19.5. The highest BCUT2D eigenvalue weighted by atomic mass is 35.5. The number of unbranched alkanes of at least 4 members (excludes halogenated alkanes) is 1. The maximum atomic E-state index is 13.3. The van der Waals surface area contributed by atoms with Gasteiger partial charge in [-0.25, -0.2) is 8.78 Å². The number of phenolic OH excluding ortho intramolecular Hbond substituents is 1. The summed E-state index contributed by atoms with van der Waals surface area (Å²) in [5, 5.41) is 18.0. The minimum absolute atomic E-state index is 0.0955. The third-order valence-corrected chi connectivity index (χ3v) is 8.71. The number of hydrogen-bond acceptors (Lipinski definition) is 7. The van der Waals surface area contributed by atoms with Crippen LogP contribution in [-0.4, -0.2) is 53.5 Å². The molecule has 0 spiro atoms. The normalized spacial score (nSPS) is 19.4. The number of nitrogens with zero attached hydrogens (tertiary/aromatic N) is 2. The minimum atomic E-state index is -0.843. The van der Waals surface area contributed by atoms with Crippen molar-refractivity contribution in [1.29, 1.82) is 5.26 Å². The number of rotatable bonds is 9. The average Bonchev–Trinajstić information content (AvgIpc) is 2.96. The maximum absolute atomic E-state index is 13.3. The van der Waals surface area contributed by atoms with Crippen LogP contribution in [-0.2, 0) is 9.53 Å². The lowest BCUT2D eigenvalue weighted by Crippen LogP contribution is -2.53. The van der Waals surface area contributed by atoms with Gasteiger partial charge in [0, 0.05) is 29.5 Å². The number of halogens is 3. The number of nitrogens with one attached hydrogen (secondary N) is 1. The molecule has 226 valence electrons. The molecule has 0 radical (unpaired) electrons. The van der Waals surface area contributed by atoms with Gasteiger partial charge in [0.25, 0.3) is 5.91 Å². The molecular weight excluding hydrogens is 588 g/mol. The Kier molecular flexibility index (Phi) is 14.7. The number of ether oxygens (including phenoxy) is 1. The average molecular weight is 628 g/mol. The first-order valence-electron chi connectivity index (χ1n) is 13.8. The molecule has 0 aliphatic carbocycles. The van der Waals surface area contributed by atoms with E-state index in [2.05, 4.69) is 15.7 Å². The molecule has 0 bridgehead atoms. The summed E-state index contributed by atoms with van der Waals surface area (Å²) in [7, 11) is 0. The summed E-state index contributed by atoms with van der Waals surface area (Å²) in [6.45, 7) is 11.2. The molecule has 2 aliphatic rings. The molecule has 1 unspecified atom stereocenters. The molecule has 2 fully saturated rings. The van der Waals surface area contributed by atoms with Gasteiger partial charge in [-0.3, -0.25) is 9.52 Å². The van der Waals surface area contributed by atoms with Gasteiger partial charge in [0.05, 0.1) is 16.5 Å². The van der Waals surface area contributed by atoms with Crippen molar-refractivity contribution in [1.82, 2.24) is 9.62 Å². The lowest BCUT2D eigenvalue weighted by atomic mass is 9.84. The zero-order valence-corrected chi connectivity index (χ0v) is 26.5. The number of hydrogen-bond donors (Lipinski definition) is 2. The number of amides is 1. The van der Waals surface area contributed by atoms with E-state index in [4.69, 9.17) is 21.6 Å². The van der Waals surface area contributed by atoms with Crippen molar-refractivity contribution >= 4 is 41.2 Å². The second-order valence-electron chi connectivity index (χ2n) is 10.2. The predicted molar refractivity (Wildman–Crippen MR) is 163 cm³/mol. The van der Waals surface area contributed by atoms with Crippen LogP contribution in [0.15, 0.2) is 46.2 Å². The molecule has 2 aromatic rings. The van der Waals surface area contributed by atoms with E-state index >= 15 is 0 Å². The van der Waals surface area contributed by atoms with Crippen LogP contribution in [0.2, 0.25) is 5.02 Å². The Hall–Kier alpha value is -2.03. The molecule has 0 aromatic heterocycles. The van der Waals surface area contributed by atoms with Crippen LogP contribution < -0.4 is 4.72 Å². The molecule has 2 aromatic carbocycles. The van der Waals surface area contributed by atoms with Gasteiger partial charge in [0.1, 0.15) is 11.4 Å². The molecule has 1 atom stereocenters. The quantitative estimate of drug-likeness (QED) is 0.166. The monoisotopic (exact) mass is 627 g/mol. The first-order valence-corrected chi connectivity index (χ1v) is 16.0. The number of nitriles is 1. The van der Waals surface area contributed by atoms with Crippen LogP contribution in [0, 0.1) is 28.4 Å². The van der Waals surface area contributed by atoms with Crippen molar-refractivity contribution in [2.45, 2.75) is 75.2 Å². The van der Waals surface area contributed by atoms with Crippen LogP contribution in [0.5, 0.6) is 5.75 Å². The van der Waals surface area contributed by atoms with Crippen molar-refractivity contribution < 1.29 is 23.4 Å². The van der Waals surface area contributed by atoms with Gasteiger partial charge < -0.3 is 14.7 Å². The van der Waals surface area contributed by atoms with Gasteiger partial charge >= 0.3 is 0 Å². The molecule has 2 saturated heterocycles. The fraction of sp³-hybridized carbons (Fsp3) is 0.533. The lowest BCUT2D eigenvalue weighted by molar-refractivity contribution is -0.148. The van der Waals surface area contributed by atoms with E-state index in [1.165, 1.54) is 18.2 Å². The van der Waals surface area contributed by atoms with E-state index in [0.29, 0.717) is 17.9 Å². The van der Waals surface area contributed by atoms with Gasteiger partial charge in [-0.05, 0) is 107 Å². The molecule has 41 heavy (non-hydrogen) atoms. The summed E-state index contributed by atoms with van der Waals surface area (Å²) in [5.41, 5.74) is -0.951. The number of benzene rings is 2.